The number of nitrogens with two attached hydrogens (primary N) is 1. The number of methoxy groups -OCH3 is 1. The lowest BCUT2D eigenvalue weighted by atomic mass is 10.1. The normalized spacial score (nSPS) is 20.1. The second kappa shape index (κ2) is 3.83. The minimum Gasteiger partial charge on any atom is -0.495 e. The van der Waals surface area contributed by atoms with Crippen molar-refractivity contribution in [2.45, 2.75) is 6.04 Å². The maximum Gasteiger partial charge on any atom is 0.245 e. The lowest BCUT2D eigenvalue weighted by Gasteiger charge is -2.36. The van der Waals surface area contributed by atoms with E-state index in [1.165, 1.54) is 0 Å². The number of halogens is 1. The first-order valence-corrected chi connectivity index (χ1v) is 5.33. The fourth-order valence-electron chi connectivity index (χ4n) is 1.50. The van der Waals surface area contributed by atoms with Crippen molar-refractivity contribution in [1.82, 2.24) is 0 Å². The molecule has 0 saturated carbocycles. The molecule has 0 aromatic heterocycles. The number of carbonyl (C=O) groups excluding carboxylic acids is 1. The fourth-order valence-corrected chi connectivity index (χ4v) is 1.91. The zero-order valence-corrected chi connectivity index (χ0v) is 9.82. The number of hydrogen-bond donors (Lipinski definition) is 1. The average molecular weight is 271 g/mol. The Morgan fingerprint density at radius 2 is 2.33 bits per heavy atom. The van der Waals surface area contributed by atoms with E-state index in [0.717, 1.165) is 10.2 Å². The number of amides is 1. The van der Waals surface area contributed by atoms with Gasteiger partial charge in [0.2, 0.25) is 5.91 Å². The Bertz CT molecular complexity index is 408. The number of nitrogens with zero attached hydrogens (tertiary/aromatic N) is 1. The van der Waals surface area contributed by atoms with Crippen LogP contribution in [0.2, 0.25) is 0 Å². The van der Waals surface area contributed by atoms with Crippen LogP contribution in [0, 0.1) is 0 Å². The molecule has 80 valence electrons. The van der Waals surface area contributed by atoms with E-state index in [4.69, 9.17) is 10.5 Å². The van der Waals surface area contributed by atoms with Crippen molar-refractivity contribution >= 4 is 27.5 Å². The number of rotatable bonds is 2. The molecule has 5 heteroatoms. The Labute approximate surface area is 96.1 Å². The molecule has 0 spiro atoms. The summed E-state index contributed by atoms with van der Waals surface area (Å²) >= 11 is 3.35. The number of carbonyl (C=O) groups is 1. The van der Waals surface area contributed by atoms with Gasteiger partial charge in [0.1, 0.15) is 11.8 Å². The zero-order valence-electron chi connectivity index (χ0n) is 8.24. The van der Waals surface area contributed by atoms with Crippen LogP contribution >= 0.6 is 15.9 Å². The van der Waals surface area contributed by atoms with Crippen molar-refractivity contribution in [3.8, 4) is 5.75 Å². The maximum atomic E-state index is 11.4. The Morgan fingerprint density at radius 1 is 1.60 bits per heavy atom. The van der Waals surface area contributed by atoms with Crippen molar-refractivity contribution in [2.75, 3.05) is 18.6 Å². The van der Waals surface area contributed by atoms with Crippen LogP contribution < -0.4 is 15.4 Å². The number of hydrogen-bond acceptors (Lipinski definition) is 3. The number of benzene rings is 1. The van der Waals surface area contributed by atoms with E-state index in [1.54, 1.807) is 12.0 Å². The van der Waals surface area contributed by atoms with Crippen LogP contribution in [0.25, 0.3) is 0 Å². The quantitative estimate of drug-likeness (QED) is 0.820. The third-order valence-corrected chi connectivity index (χ3v) is 3.06. The monoisotopic (exact) mass is 270 g/mol. The zero-order chi connectivity index (χ0) is 11.0. The molecule has 0 aliphatic carbocycles. The van der Waals surface area contributed by atoms with Crippen molar-refractivity contribution in [3.05, 3.63) is 22.7 Å². The molecule has 1 aliphatic heterocycles. The van der Waals surface area contributed by atoms with Crippen molar-refractivity contribution in [3.63, 3.8) is 0 Å². The van der Waals surface area contributed by atoms with Crippen LogP contribution in [0.1, 0.15) is 0 Å². The van der Waals surface area contributed by atoms with Gasteiger partial charge in [-0.3, -0.25) is 4.79 Å². The van der Waals surface area contributed by atoms with Crippen molar-refractivity contribution < 1.29 is 9.53 Å². The van der Waals surface area contributed by atoms with Crippen LogP contribution in [0.4, 0.5) is 5.69 Å². The van der Waals surface area contributed by atoms with Gasteiger partial charge in [-0.05, 0) is 28.1 Å². The first-order valence-electron chi connectivity index (χ1n) is 4.54. The second-order valence-electron chi connectivity index (χ2n) is 3.37. The van der Waals surface area contributed by atoms with Gasteiger partial charge in [-0.1, -0.05) is 0 Å². The molecule has 1 aliphatic rings. The highest BCUT2D eigenvalue weighted by Crippen LogP contribution is 2.31. The second-order valence-corrected chi connectivity index (χ2v) is 4.23. The van der Waals surface area contributed by atoms with Crippen LogP contribution in [0.3, 0.4) is 0 Å². The Balaban J connectivity index is 2.27. The van der Waals surface area contributed by atoms with E-state index < -0.39 is 0 Å². The van der Waals surface area contributed by atoms with E-state index in [2.05, 4.69) is 15.9 Å². The summed E-state index contributed by atoms with van der Waals surface area (Å²) in [5.41, 5.74) is 6.34. The van der Waals surface area contributed by atoms with Crippen LogP contribution in [-0.2, 0) is 4.79 Å². The van der Waals surface area contributed by atoms with Crippen molar-refractivity contribution in [1.29, 1.82) is 0 Å². The van der Waals surface area contributed by atoms with E-state index in [9.17, 15) is 4.79 Å². The topological polar surface area (TPSA) is 55.6 Å². The summed E-state index contributed by atoms with van der Waals surface area (Å²) in [6, 6.07) is 5.18. The third kappa shape index (κ3) is 1.72. The van der Waals surface area contributed by atoms with E-state index in [-0.39, 0.29) is 11.9 Å². The molecule has 2 rings (SSSR count). The summed E-state index contributed by atoms with van der Waals surface area (Å²) in [5, 5.41) is 0. The predicted octanol–water partition coefficient (Wildman–Crippen LogP) is 1.13. The third-order valence-electron chi connectivity index (χ3n) is 2.41. The molecule has 1 atom stereocenters. The van der Waals surface area contributed by atoms with Gasteiger partial charge in [-0.2, -0.15) is 0 Å². The lowest BCUT2D eigenvalue weighted by Crippen LogP contribution is -2.61. The number of anilines is 1. The highest BCUT2D eigenvalue weighted by Gasteiger charge is 2.34. The summed E-state index contributed by atoms with van der Waals surface area (Å²) in [5.74, 6) is 0.667. The van der Waals surface area contributed by atoms with Crippen LogP contribution in [0.15, 0.2) is 22.7 Å². The highest BCUT2D eigenvalue weighted by molar-refractivity contribution is 9.10. The molecule has 1 unspecified atom stereocenters. The SMILES string of the molecule is COc1cc(N2CC(N)C2=O)ccc1Br. The van der Waals surface area contributed by atoms with Gasteiger partial charge in [-0.25, -0.2) is 0 Å². The van der Waals surface area contributed by atoms with Crippen LogP contribution in [0.5, 0.6) is 5.75 Å². The standard InChI is InChI=1S/C10H11BrN2O2/c1-15-9-4-6(2-3-7(9)11)13-5-8(12)10(13)14/h2-4,8H,5,12H2,1H3. The molecule has 0 bridgehead atoms. The van der Waals surface area contributed by atoms with Gasteiger partial charge in [0.15, 0.2) is 0 Å². The smallest absolute Gasteiger partial charge is 0.245 e. The van der Waals surface area contributed by atoms with Crippen molar-refractivity contribution in [2.24, 2.45) is 5.73 Å². The first kappa shape index (κ1) is 10.4. The molecule has 0 radical (unpaired) electrons. The predicted molar refractivity (Wildman–Crippen MR) is 61.0 cm³/mol. The molecular formula is C10H11BrN2O2. The molecule has 1 amide bonds. The number of β-lactam (4-membered cyclic amide) rings is 1. The summed E-state index contributed by atoms with van der Waals surface area (Å²) in [6.07, 6.45) is 0. The molecule has 4 nitrogen and oxygen atoms in total. The maximum absolute atomic E-state index is 11.4. The van der Waals surface area contributed by atoms with Gasteiger partial charge in [0.05, 0.1) is 18.1 Å². The molecule has 1 aromatic carbocycles. The molecular weight excluding hydrogens is 260 g/mol. The molecule has 2 N–H and O–H groups in total. The first-order chi connectivity index (χ1) is 7.13. The molecule has 1 saturated heterocycles. The summed E-state index contributed by atoms with van der Waals surface area (Å²) < 4.78 is 6.02. The molecule has 1 fully saturated rings. The lowest BCUT2D eigenvalue weighted by molar-refractivity contribution is -0.123. The van der Waals surface area contributed by atoms with Gasteiger partial charge in [0.25, 0.3) is 0 Å². The minimum absolute atomic E-state index is 0.0422. The van der Waals surface area contributed by atoms with Crippen LogP contribution in [-0.4, -0.2) is 25.6 Å². The Hall–Kier alpha value is -1.07. The molecule has 15 heavy (non-hydrogen) atoms. The Morgan fingerprint density at radius 3 is 2.87 bits per heavy atom. The number of ether oxygens (including phenoxy) is 1. The Kier molecular flexibility index (Phi) is 2.67. The largest absolute Gasteiger partial charge is 0.495 e. The fraction of sp³-hybridized carbons (Fsp3) is 0.300. The summed E-state index contributed by atoms with van der Waals surface area (Å²) in [7, 11) is 1.59. The van der Waals surface area contributed by atoms with Gasteiger partial charge >= 0.3 is 0 Å². The van der Waals surface area contributed by atoms with Gasteiger partial charge in [-0.15, -0.1) is 0 Å². The highest BCUT2D eigenvalue weighted by atomic mass is 79.9. The van der Waals surface area contributed by atoms with E-state index in [0.29, 0.717) is 12.3 Å². The molecule has 1 heterocycles. The summed E-state index contributed by atoms with van der Waals surface area (Å²) in [6.45, 7) is 0.573. The molecule has 1 aromatic rings. The summed E-state index contributed by atoms with van der Waals surface area (Å²) in [4.78, 5) is 13.0. The average Bonchev–Trinajstić information content (AvgIpc) is 2.26. The minimum atomic E-state index is -0.348. The van der Waals surface area contributed by atoms with Gasteiger partial charge < -0.3 is 15.4 Å². The van der Waals surface area contributed by atoms with E-state index >= 15 is 0 Å². The van der Waals surface area contributed by atoms with E-state index in [1.807, 2.05) is 18.2 Å². The van der Waals surface area contributed by atoms with Gasteiger partial charge in [0, 0.05) is 11.8 Å².